The van der Waals surface area contributed by atoms with Gasteiger partial charge < -0.3 is 37.6 Å². The van der Waals surface area contributed by atoms with E-state index in [1.165, 1.54) is 0 Å². The van der Waals surface area contributed by atoms with Crippen molar-refractivity contribution in [3.8, 4) is 0 Å². The second kappa shape index (κ2) is 227. The van der Waals surface area contributed by atoms with Crippen molar-refractivity contribution in [2.24, 2.45) is 0 Å². The molecule has 0 atom stereocenters. The molecule has 0 nitrogen and oxygen atoms in total. The molecule has 66 valence electrons. The smallest absolute Gasteiger partial charge is 1.00 e. The van der Waals surface area contributed by atoms with Crippen LogP contribution in [0.5, 0.6) is 0 Å². The summed E-state index contributed by atoms with van der Waals surface area (Å²) in [5.74, 6) is 0. The molecule has 0 aromatic heterocycles. The summed E-state index contributed by atoms with van der Waals surface area (Å²) in [7, 11) is 0. The largest absolute Gasteiger partial charge is 2.00 e. The molecule has 0 rings (SSSR count). The molecule has 0 bridgehead atoms. The van der Waals surface area contributed by atoms with Crippen LogP contribution in [0.2, 0.25) is 0 Å². The van der Waals surface area contributed by atoms with Crippen LogP contribution in [0.25, 0.3) is 0 Å². The Morgan fingerprint density at radius 3 is 0.308 bits per heavy atom. The first kappa shape index (κ1) is 274. The maximum atomic E-state index is 0. The average Bonchev–Trinajstić information content (AvgIpc) is 0. The van der Waals surface area contributed by atoms with Crippen LogP contribution < -0.4 is 140 Å². The molecular weight excluding hydrogens is 455 g/mol. The Balaban J connectivity index is 0. The summed E-state index contributed by atoms with van der Waals surface area (Å²) in [4.78, 5) is 0. The molecule has 0 unspecified atom stereocenters. The summed E-state index contributed by atoms with van der Waals surface area (Å²) >= 11 is 0. The van der Waals surface area contributed by atoms with Gasteiger partial charge >= 0.3 is 150 Å². The van der Waals surface area contributed by atoms with Gasteiger partial charge in [-0.2, -0.15) is 0 Å². The van der Waals surface area contributed by atoms with Crippen LogP contribution in [-0.2, 0) is 0 Å². The van der Waals surface area contributed by atoms with E-state index in [4.69, 9.17) is 0 Å². The van der Waals surface area contributed by atoms with Crippen molar-refractivity contribution < 1.29 is 140 Å². The van der Waals surface area contributed by atoms with Crippen molar-refractivity contribution in [2.75, 3.05) is 0 Å². The van der Waals surface area contributed by atoms with E-state index in [9.17, 15) is 0 Å². The molecule has 13 heavy (non-hydrogen) atoms. The molecule has 0 heterocycles. The van der Waals surface area contributed by atoms with Crippen LogP contribution in [0.15, 0.2) is 0 Å². The number of hydrogen-bond donors (Lipinski definition) is 0. The average molecular weight is 455 g/mol. The normalized spacial score (nSPS) is 0. The van der Waals surface area contributed by atoms with Gasteiger partial charge in [0.15, 0.2) is 0 Å². The fourth-order valence-corrected chi connectivity index (χ4v) is 0. The summed E-state index contributed by atoms with van der Waals surface area (Å²) in [6.07, 6.45) is 0. The third-order valence-corrected chi connectivity index (χ3v) is 0. The van der Waals surface area contributed by atoms with Gasteiger partial charge in [0.25, 0.3) is 0 Å². The summed E-state index contributed by atoms with van der Waals surface area (Å²) in [5, 5.41) is 0. The Hall–Kier alpha value is 3.97. The third kappa shape index (κ3) is 198. The first-order chi connectivity index (χ1) is 0. The first-order valence-electron chi connectivity index (χ1n) is 0. The molecule has 2 radical (unpaired) electrons. The fraction of sp³-hybridized carbons (Fsp3) is 0. The van der Waals surface area contributed by atoms with E-state index in [-0.39, 0.29) is 188 Å². The van der Waals surface area contributed by atoms with E-state index < -0.39 is 0 Å². The molecule has 0 saturated heterocycles. The van der Waals surface area contributed by atoms with Crippen molar-refractivity contribution >= 4 is 47.5 Å². The predicted molar refractivity (Wildman–Crippen MR) is 17.3 cm³/mol. The molecular formula is Be2F8K2Pb. The van der Waals surface area contributed by atoms with Crippen LogP contribution in [-0.4, -0.2) is 47.5 Å². The standard InChI is InChI=1S/2Be.8FH.2K.Pb/h;;8*1H;;;/q2*+2;;;;;;;;;2*+1;+2/p-8. The first-order valence-corrected chi connectivity index (χ1v) is 0. The Kier molecular flexibility index (Phi) is 4790. The molecule has 0 N–H and O–H groups in total. The van der Waals surface area contributed by atoms with Gasteiger partial charge in [0.1, 0.15) is 0 Å². The maximum Gasteiger partial charge on any atom is 2.00 e. The van der Waals surface area contributed by atoms with E-state index in [1.54, 1.807) is 0 Å². The molecule has 0 amide bonds. The van der Waals surface area contributed by atoms with E-state index in [1.807, 2.05) is 0 Å². The summed E-state index contributed by atoms with van der Waals surface area (Å²) in [6.45, 7) is 0. The van der Waals surface area contributed by atoms with E-state index in [2.05, 4.69) is 0 Å². The fourth-order valence-electron chi connectivity index (χ4n) is 0. The zero-order chi connectivity index (χ0) is 0. The Morgan fingerprint density at radius 1 is 0.308 bits per heavy atom. The Labute approximate surface area is 183 Å². The van der Waals surface area contributed by atoms with Gasteiger partial charge in [0.05, 0.1) is 0 Å². The monoisotopic (exact) mass is 456 g/mol. The third-order valence-electron chi connectivity index (χ3n) is 0. The molecule has 0 aromatic carbocycles. The molecule has 13 heteroatoms. The number of halogens is 8. The van der Waals surface area contributed by atoms with Crippen molar-refractivity contribution in [1.29, 1.82) is 0 Å². The minimum absolute atomic E-state index is 0. The molecule has 0 aliphatic carbocycles. The van der Waals surface area contributed by atoms with Crippen molar-refractivity contribution in [3.05, 3.63) is 0 Å². The second-order valence-corrected chi connectivity index (χ2v) is 0. The SMILES string of the molecule is [Be+2].[Be+2].[F-].[F-].[F-].[F-].[F-].[F-].[F-].[F-].[K+].[K+].[Pb+2]. The molecule has 0 spiro atoms. The van der Waals surface area contributed by atoms with E-state index in [0.717, 1.165) is 0 Å². The van der Waals surface area contributed by atoms with Crippen LogP contribution in [0.4, 0.5) is 0 Å². The second-order valence-electron chi connectivity index (χ2n) is 0. The minimum Gasteiger partial charge on any atom is -1.00 e. The molecule has 0 aromatic rings. The van der Waals surface area contributed by atoms with Crippen molar-refractivity contribution in [1.82, 2.24) is 0 Å². The van der Waals surface area contributed by atoms with Gasteiger partial charge in [-0.25, -0.2) is 0 Å². The Bertz CT molecular complexity index is 20.1. The van der Waals surface area contributed by atoms with Crippen molar-refractivity contribution in [3.63, 3.8) is 0 Å². The van der Waals surface area contributed by atoms with Crippen molar-refractivity contribution in [2.45, 2.75) is 0 Å². The summed E-state index contributed by atoms with van der Waals surface area (Å²) < 4.78 is 0. The zero-order valence-electron chi connectivity index (χ0n) is 6.94. The number of rotatable bonds is 0. The molecule has 0 aliphatic heterocycles. The van der Waals surface area contributed by atoms with Crippen LogP contribution in [0, 0.1) is 0 Å². The van der Waals surface area contributed by atoms with Gasteiger partial charge in [0, 0.05) is 0 Å². The summed E-state index contributed by atoms with van der Waals surface area (Å²) in [6, 6.07) is 0. The molecule has 0 fully saturated rings. The summed E-state index contributed by atoms with van der Waals surface area (Å²) in [5.41, 5.74) is 0. The van der Waals surface area contributed by atoms with Gasteiger partial charge in [0.2, 0.25) is 0 Å². The van der Waals surface area contributed by atoms with Crippen LogP contribution in [0.1, 0.15) is 0 Å². The topological polar surface area (TPSA) is 0 Å². The van der Waals surface area contributed by atoms with Gasteiger partial charge in [-0.05, 0) is 0 Å². The predicted octanol–water partition coefficient (Wildman–Crippen LogP) is -31.1. The van der Waals surface area contributed by atoms with Crippen LogP contribution >= 0.6 is 0 Å². The molecule has 0 aliphatic rings. The Morgan fingerprint density at radius 2 is 0.308 bits per heavy atom. The zero-order valence-corrected chi connectivity index (χ0v) is 17.1. The quantitative estimate of drug-likeness (QED) is 0.252. The van der Waals surface area contributed by atoms with Gasteiger partial charge in [-0.3, -0.25) is 0 Å². The van der Waals surface area contributed by atoms with Crippen LogP contribution in [0.3, 0.4) is 0 Å². The van der Waals surface area contributed by atoms with Gasteiger partial charge in [-0.15, -0.1) is 0 Å². The van der Waals surface area contributed by atoms with E-state index >= 15 is 0 Å². The maximum absolute atomic E-state index is 0. The molecule has 0 saturated carbocycles. The van der Waals surface area contributed by atoms with E-state index in [0.29, 0.717) is 0 Å². The number of hydrogen-bond acceptors (Lipinski definition) is 0. The van der Waals surface area contributed by atoms with Gasteiger partial charge in [-0.1, -0.05) is 0 Å². The minimum atomic E-state index is 0.